The molecule has 0 unspecified atom stereocenters. The van der Waals surface area contributed by atoms with E-state index in [1.54, 1.807) is 7.11 Å². The van der Waals surface area contributed by atoms with Crippen LogP contribution in [0.15, 0.2) is 12.1 Å². The summed E-state index contributed by atoms with van der Waals surface area (Å²) in [6, 6.07) is 3.75. The first kappa shape index (κ1) is 9.11. The molecule has 0 bridgehead atoms. The second-order valence-corrected chi connectivity index (χ2v) is 2.91. The molecule has 0 aromatic heterocycles. The monoisotopic (exact) mass is 196 g/mol. The third kappa shape index (κ3) is 1.47. The van der Waals surface area contributed by atoms with Crippen LogP contribution in [0.1, 0.15) is 5.56 Å². The van der Waals surface area contributed by atoms with E-state index in [2.05, 4.69) is 5.43 Å². The molecule has 1 aromatic rings. The predicted molar refractivity (Wildman–Crippen MR) is 50.1 cm³/mol. The van der Waals surface area contributed by atoms with Gasteiger partial charge in [0.05, 0.1) is 7.11 Å². The maximum Gasteiger partial charge on any atom is 0.231 e. The maximum absolute atomic E-state index is 5.26. The molecule has 0 radical (unpaired) electrons. The van der Waals surface area contributed by atoms with Gasteiger partial charge >= 0.3 is 0 Å². The number of rotatable bonds is 3. The lowest BCUT2D eigenvalue weighted by Gasteiger charge is -2.07. The van der Waals surface area contributed by atoms with Crippen molar-refractivity contribution in [1.29, 1.82) is 0 Å². The molecule has 3 N–H and O–H groups in total. The number of hydrogen-bond acceptors (Lipinski definition) is 5. The second kappa shape index (κ2) is 3.73. The van der Waals surface area contributed by atoms with Crippen molar-refractivity contribution < 1.29 is 14.2 Å². The number of nitrogens with two attached hydrogens (primary N) is 1. The van der Waals surface area contributed by atoms with Crippen LogP contribution >= 0.6 is 0 Å². The number of hydrogen-bond donors (Lipinski definition) is 2. The summed E-state index contributed by atoms with van der Waals surface area (Å²) in [7, 11) is 1.59. The molecule has 1 aliphatic heterocycles. The van der Waals surface area contributed by atoms with Crippen LogP contribution in [-0.2, 0) is 6.54 Å². The highest BCUT2D eigenvalue weighted by molar-refractivity contribution is 5.55. The quantitative estimate of drug-likeness (QED) is 0.540. The fourth-order valence-corrected chi connectivity index (χ4v) is 1.40. The van der Waals surface area contributed by atoms with Gasteiger partial charge in [-0.3, -0.25) is 11.3 Å². The first-order valence-corrected chi connectivity index (χ1v) is 4.25. The van der Waals surface area contributed by atoms with Gasteiger partial charge in [-0.15, -0.1) is 0 Å². The Bertz CT molecular complexity index is 341. The molecule has 0 amide bonds. The minimum atomic E-state index is 0.241. The SMILES string of the molecule is COc1cc(CNN)cc2c1OCO2. The summed E-state index contributed by atoms with van der Waals surface area (Å²) >= 11 is 0. The molecule has 1 heterocycles. The largest absolute Gasteiger partial charge is 0.493 e. The van der Waals surface area contributed by atoms with Crippen LogP contribution in [0.4, 0.5) is 0 Å². The highest BCUT2D eigenvalue weighted by atomic mass is 16.7. The third-order valence-electron chi connectivity index (χ3n) is 2.02. The summed E-state index contributed by atoms with van der Waals surface area (Å²) in [6.07, 6.45) is 0. The van der Waals surface area contributed by atoms with Crippen LogP contribution in [0.3, 0.4) is 0 Å². The van der Waals surface area contributed by atoms with Crippen molar-refractivity contribution in [3.05, 3.63) is 17.7 Å². The molecule has 5 heteroatoms. The number of nitrogens with one attached hydrogen (secondary N) is 1. The van der Waals surface area contributed by atoms with E-state index in [-0.39, 0.29) is 6.79 Å². The van der Waals surface area contributed by atoms with Crippen molar-refractivity contribution in [3.8, 4) is 17.2 Å². The lowest BCUT2D eigenvalue weighted by Crippen LogP contribution is -2.20. The van der Waals surface area contributed by atoms with E-state index in [0.717, 1.165) is 5.56 Å². The molecule has 1 aliphatic rings. The summed E-state index contributed by atoms with van der Waals surface area (Å²) in [4.78, 5) is 0. The summed E-state index contributed by atoms with van der Waals surface area (Å²) in [5.41, 5.74) is 3.57. The Hall–Kier alpha value is -1.46. The summed E-state index contributed by atoms with van der Waals surface area (Å²) < 4.78 is 15.7. The van der Waals surface area contributed by atoms with Crippen LogP contribution < -0.4 is 25.5 Å². The zero-order valence-electron chi connectivity index (χ0n) is 7.87. The van der Waals surface area contributed by atoms with Crippen molar-refractivity contribution in [2.24, 2.45) is 5.84 Å². The number of ether oxygens (including phenoxy) is 3. The van der Waals surface area contributed by atoms with Crippen LogP contribution in [0.25, 0.3) is 0 Å². The smallest absolute Gasteiger partial charge is 0.231 e. The minimum Gasteiger partial charge on any atom is -0.493 e. The average molecular weight is 196 g/mol. The van der Waals surface area contributed by atoms with Crippen molar-refractivity contribution in [1.82, 2.24) is 5.43 Å². The van der Waals surface area contributed by atoms with Gasteiger partial charge in [-0.25, -0.2) is 0 Å². The Labute approximate surface area is 81.7 Å². The zero-order valence-corrected chi connectivity index (χ0v) is 7.87. The standard InChI is InChI=1S/C9H12N2O3/c1-12-7-2-6(4-11-10)3-8-9(7)14-5-13-8/h2-3,11H,4-5,10H2,1H3. The van der Waals surface area contributed by atoms with E-state index < -0.39 is 0 Å². The molecule has 0 atom stereocenters. The molecule has 5 nitrogen and oxygen atoms in total. The van der Waals surface area contributed by atoms with Gasteiger partial charge in [0.1, 0.15) is 0 Å². The second-order valence-electron chi connectivity index (χ2n) is 2.91. The van der Waals surface area contributed by atoms with Gasteiger partial charge in [0, 0.05) is 6.54 Å². The topological polar surface area (TPSA) is 65.7 Å². The van der Waals surface area contributed by atoms with Crippen LogP contribution in [-0.4, -0.2) is 13.9 Å². The van der Waals surface area contributed by atoms with E-state index in [1.165, 1.54) is 0 Å². The number of hydrazine groups is 1. The van der Waals surface area contributed by atoms with Crippen molar-refractivity contribution in [2.45, 2.75) is 6.54 Å². The van der Waals surface area contributed by atoms with Gasteiger partial charge in [-0.2, -0.15) is 0 Å². The van der Waals surface area contributed by atoms with Crippen molar-refractivity contribution >= 4 is 0 Å². The summed E-state index contributed by atoms with van der Waals surface area (Å²) in [5, 5.41) is 0. The predicted octanol–water partition coefficient (Wildman–Crippen LogP) is 0.387. The molecular formula is C9H12N2O3. The number of methoxy groups -OCH3 is 1. The molecule has 0 saturated carbocycles. The molecule has 0 spiro atoms. The Morgan fingerprint density at radius 3 is 3.07 bits per heavy atom. The fourth-order valence-electron chi connectivity index (χ4n) is 1.40. The lowest BCUT2D eigenvalue weighted by molar-refractivity contribution is 0.171. The lowest BCUT2D eigenvalue weighted by atomic mass is 10.2. The number of benzene rings is 1. The van der Waals surface area contributed by atoms with E-state index in [1.807, 2.05) is 12.1 Å². The first-order chi connectivity index (χ1) is 6.85. The third-order valence-corrected chi connectivity index (χ3v) is 2.02. The minimum absolute atomic E-state index is 0.241. The van der Waals surface area contributed by atoms with Crippen LogP contribution in [0, 0.1) is 0 Å². The average Bonchev–Trinajstić information content (AvgIpc) is 2.65. The van der Waals surface area contributed by atoms with Gasteiger partial charge in [0.15, 0.2) is 11.5 Å². The van der Waals surface area contributed by atoms with E-state index in [0.29, 0.717) is 23.8 Å². The highest BCUT2D eigenvalue weighted by Crippen LogP contribution is 2.41. The fraction of sp³-hybridized carbons (Fsp3) is 0.333. The van der Waals surface area contributed by atoms with Crippen molar-refractivity contribution in [2.75, 3.05) is 13.9 Å². The van der Waals surface area contributed by atoms with E-state index in [4.69, 9.17) is 20.1 Å². The molecule has 0 saturated heterocycles. The molecular weight excluding hydrogens is 184 g/mol. The first-order valence-electron chi connectivity index (χ1n) is 4.25. The van der Waals surface area contributed by atoms with Crippen LogP contribution in [0.2, 0.25) is 0 Å². The maximum atomic E-state index is 5.26. The van der Waals surface area contributed by atoms with Crippen LogP contribution in [0.5, 0.6) is 17.2 Å². The van der Waals surface area contributed by atoms with Crippen molar-refractivity contribution in [3.63, 3.8) is 0 Å². The molecule has 2 rings (SSSR count). The van der Waals surface area contributed by atoms with Gasteiger partial charge in [-0.1, -0.05) is 0 Å². The summed E-state index contributed by atoms with van der Waals surface area (Å²) in [5.74, 6) is 7.27. The van der Waals surface area contributed by atoms with Gasteiger partial charge in [-0.05, 0) is 17.7 Å². The number of fused-ring (bicyclic) bond motifs is 1. The Morgan fingerprint density at radius 2 is 2.36 bits per heavy atom. The van der Waals surface area contributed by atoms with Gasteiger partial charge < -0.3 is 14.2 Å². The summed E-state index contributed by atoms with van der Waals surface area (Å²) in [6.45, 7) is 0.804. The molecule has 1 aromatic carbocycles. The highest BCUT2D eigenvalue weighted by Gasteiger charge is 2.19. The molecule has 76 valence electrons. The Kier molecular flexibility index (Phi) is 2.43. The molecule has 0 aliphatic carbocycles. The normalized spacial score (nSPS) is 13.0. The van der Waals surface area contributed by atoms with Gasteiger partial charge in [0.2, 0.25) is 12.5 Å². The molecule has 0 fully saturated rings. The molecule has 14 heavy (non-hydrogen) atoms. The Morgan fingerprint density at radius 1 is 1.50 bits per heavy atom. The van der Waals surface area contributed by atoms with Gasteiger partial charge in [0.25, 0.3) is 0 Å². The Balaban J connectivity index is 2.39. The van der Waals surface area contributed by atoms with E-state index in [9.17, 15) is 0 Å². The van der Waals surface area contributed by atoms with E-state index >= 15 is 0 Å². The zero-order chi connectivity index (χ0) is 9.97.